The third-order valence-electron chi connectivity index (χ3n) is 4.60. The van der Waals surface area contributed by atoms with Gasteiger partial charge in [-0.3, -0.25) is 4.79 Å². The van der Waals surface area contributed by atoms with E-state index in [0.717, 1.165) is 16.7 Å². The Morgan fingerprint density at radius 2 is 1.73 bits per heavy atom. The summed E-state index contributed by atoms with van der Waals surface area (Å²) in [6, 6.07) is 12.8. The highest BCUT2D eigenvalue weighted by Crippen LogP contribution is 2.28. The van der Waals surface area contributed by atoms with Gasteiger partial charge >= 0.3 is 0 Å². The summed E-state index contributed by atoms with van der Waals surface area (Å²) in [5, 5.41) is 2.93. The van der Waals surface area contributed by atoms with Gasteiger partial charge in [0.1, 0.15) is 0 Å². The van der Waals surface area contributed by atoms with Gasteiger partial charge in [0.05, 0.1) is 10.8 Å². The average Bonchev–Trinajstić information content (AvgIpc) is 2.60. The zero-order valence-corrected chi connectivity index (χ0v) is 16.7. The lowest BCUT2D eigenvalue weighted by Crippen LogP contribution is -2.24. The fourth-order valence-electron chi connectivity index (χ4n) is 2.79. The Morgan fingerprint density at radius 3 is 2.27 bits per heavy atom. The number of benzene rings is 2. The van der Waals surface area contributed by atoms with E-state index in [-0.39, 0.29) is 16.7 Å². The minimum absolute atomic E-state index is 0.138. The summed E-state index contributed by atoms with van der Waals surface area (Å²) >= 11 is 0. The standard InChI is InChI=1S/C20H26N2O3S/c1-6-18(16-10-8-7-9-11-16)20(23)21-19-13-17(12-14(2)15(19)3)26(24,25)22(4)5/h7-13,18H,6H2,1-5H3,(H,21,23). The SMILES string of the molecule is CCC(C(=O)Nc1cc(S(=O)(=O)N(C)C)cc(C)c1C)c1ccccc1. The number of anilines is 1. The first-order valence-electron chi connectivity index (χ1n) is 8.58. The molecular weight excluding hydrogens is 348 g/mol. The highest BCUT2D eigenvalue weighted by molar-refractivity contribution is 7.89. The lowest BCUT2D eigenvalue weighted by molar-refractivity contribution is -0.117. The molecule has 0 aliphatic carbocycles. The van der Waals surface area contributed by atoms with Gasteiger partial charge in [0.15, 0.2) is 0 Å². The van der Waals surface area contributed by atoms with Crippen LogP contribution >= 0.6 is 0 Å². The summed E-state index contributed by atoms with van der Waals surface area (Å²) in [5.74, 6) is -0.425. The Hall–Kier alpha value is -2.18. The molecule has 0 heterocycles. The normalized spacial score (nSPS) is 12.8. The molecule has 0 spiro atoms. The zero-order chi connectivity index (χ0) is 19.5. The van der Waals surface area contributed by atoms with Crippen molar-refractivity contribution in [3.05, 3.63) is 59.2 Å². The number of sulfonamides is 1. The number of hydrogen-bond donors (Lipinski definition) is 1. The second kappa shape index (κ2) is 8.01. The van der Waals surface area contributed by atoms with Crippen molar-refractivity contribution in [2.45, 2.75) is 38.0 Å². The first-order chi connectivity index (χ1) is 12.2. The van der Waals surface area contributed by atoms with Crippen LogP contribution in [0.15, 0.2) is 47.4 Å². The molecule has 5 nitrogen and oxygen atoms in total. The van der Waals surface area contributed by atoms with Gasteiger partial charge in [0.25, 0.3) is 0 Å². The summed E-state index contributed by atoms with van der Waals surface area (Å²) in [6.45, 7) is 5.68. The molecule has 26 heavy (non-hydrogen) atoms. The lowest BCUT2D eigenvalue weighted by Gasteiger charge is -2.19. The van der Waals surface area contributed by atoms with Crippen LogP contribution in [0, 0.1) is 13.8 Å². The molecule has 0 fully saturated rings. The van der Waals surface area contributed by atoms with Crippen LogP contribution in [-0.2, 0) is 14.8 Å². The molecule has 0 saturated carbocycles. The number of rotatable bonds is 6. The summed E-state index contributed by atoms with van der Waals surface area (Å²) in [6.07, 6.45) is 0.656. The molecule has 140 valence electrons. The van der Waals surface area contributed by atoms with Crippen LogP contribution in [0.25, 0.3) is 0 Å². The molecule has 0 aliphatic heterocycles. The van der Waals surface area contributed by atoms with Crippen LogP contribution in [0.2, 0.25) is 0 Å². The number of hydrogen-bond acceptors (Lipinski definition) is 3. The predicted octanol–water partition coefficient (Wildman–Crippen LogP) is 3.69. The van der Waals surface area contributed by atoms with Gasteiger partial charge in [0.2, 0.25) is 15.9 Å². The van der Waals surface area contributed by atoms with E-state index in [0.29, 0.717) is 12.1 Å². The first-order valence-corrected chi connectivity index (χ1v) is 10.0. The second-order valence-corrected chi connectivity index (χ2v) is 8.71. The van der Waals surface area contributed by atoms with E-state index in [2.05, 4.69) is 5.32 Å². The Morgan fingerprint density at radius 1 is 1.12 bits per heavy atom. The zero-order valence-electron chi connectivity index (χ0n) is 15.9. The largest absolute Gasteiger partial charge is 0.325 e. The highest BCUT2D eigenvalue weighted by Gasteiger charge is 2.22. The Balaban J connectivity index is 2.39. The van der Waals surface area contributed by atoms with Crippen molar-refractivity contribution in [3.63, 3.8) is 0 Å². The van der Waals surface area contributed by atoms with Crippen LogP contribution in [0.4, 0.5) is 5.69 Å². The quantitative estimate of drug-likeness (QED) is 0.839. The van der Waals surface area contributed by atoms with Crippen molar-refractivity contribution in [2.75, 3.05) is 19.4 Å². The predicted molar refractivity (Wildman–Crippen MR) is 105 cm³/mol. The molecule has 1 amide bonds. The minimum Gasteiger partial charge on any atom is -0.325 e. The number of carbonyl (C=O) groups excluding carboxylic acids is 1. The molecule has 2 aromatic rings. The monoisotopic (exact) mass is 374 g/mol. The topological polar surface area (TPSA) is 66.5 Å². The van der Waals surface area contributed by atoms with E-state index < -0.39 is 10.0 Å². The fourth-order valence-corrected chi connectivity index (χ4v) is 3.81. The number of nitrogens with one attached hydrogen (secondary N) is 1. The maximum atomic E-state index is 12.8. The third kappa shape index (κ3) is 4.14. The van der Waals surface area contributed by atoms with E-state index in [1.54, 1.807) is 6.07 Å². The van der Waals surface area contributed by atoms with Crippen molar-refractivity contribution in [1.82, 2.24) is 4.31 Å². The second-order valence-electron chi connectivity index (χ2n) is 6.56. The molecule has 1 atom stereocenters. The van der Waals surface area contributed by atoms with E-state index in [9.17, 15) is 13.2 Å². The molecule has 0 radical (unpaired) electrons. The maximum absolute atomic E-state index is 12.8. The number of amides is 1. The van der Waals surface area contributed by atoms with E-state index >= 15 is 0 Å². The number of carbonyl (C=O) groups is 1. The molecule has 0 bridgehead atoms. The molecular formula is C20H26N2O3S. The summed E-state index contributed by atoms with van der Waals surface area (Å²) in [5.41, 5.74) is 3.15. The molecule has 0 aliphatic rings. The number of nitrogens with zero attached hydrogens (tertiary/aromatic N) is 1. The Labute approximate surface area is 156 Å². The van der Waals surface area contributed by atoms with Gasteiger partial charge in [-0.05, 0) is 49.1 Å². The Bertz CT molecular complexity index is 891. The molecule has 6 heteroatoms. The van der Waals surface area contributed by atoms with Crippen molar-refractivity contribution in [1.29, 1.82) is 0 Å². The smallest absolute Gasteiger partial charge is 0.242 e. The van der Waals surface area contributed by atoms with E-state index in [1.807, 2.05) is 51.1 Å². The van der Waals surface area contributed by atoms with Crippen LogP contribution < -0.4 is 5.32 Å². The van der Waals surface area contributed by atoms with Gasteiger partial charge < -0.3 is 5.32 Å². The first kappa shape index (κ1) is 20.1. The van der Waals surface area contributed by atoms with E-state index in [1.165, 1.54) is 24.5 Å². The van der Waals surface area contributed by atoms with E-state index in [4.69, 9.17) is 0 Å². The molecule has 0 aromatic heterocycles. The summed E-state index contributed by atoms with van der Waals surface area (Å²) < 4.78 is 26.1. The van der Waals surface area contributed by atoms with Crippen LogP contribution in [0.5, 0.6) is 0 Å². The molecule has 2 aromatic carbocycles. The summed E-state index contributed by atoms with van der Waals surface area (Å²) in [7, 11) is -0.588. The van der Waals surface area contributed by atoms with Gasteiger partial charge in [0, 0.05) is 19.8 Å². The van der Waals surface area contributed by atoms with Crippen LogP contribution in [0.1, 0.15) is 36.0 Å². The van der Waals surface area contributed by atoms with Crippen molar-refractivity contribution < 1.29 is 13.2 Å². The third-order valence-corrected chi connectivity index (χ3v) is 6.40. The van der Waals surface area contributed by atoms with Crippen LogP contribution in [-0.4, -0.2) is 32.7 Å². The van der Waals surface area contributed by atoms with Gasteiger partial charge in [-0.1, -0.05) is 37.3 Å². The Kier molecular flexibility index (Phi) is 6.21. The molecule has 2 rings (SSSR count). The lowest BCUT2D eigenvalue weighted by atomic mass is 9.95. The fraction of sp³-hybridized carbons (Fsp3) is 0.350. The van der Waals surface area contributed by atoms with Crippen molar-refractivity contribution in [3.8, 4) is 0 Å². The van der Waals surface area contributed by atoms with Gasteiger partial charge in [-0.2, -0.15) is 0 Å². The van der Waals surface area contributed by atoms with Gasteiger partial charge in [-0.15, -0.1) is 0 Å². The van der Waals surface area contributed by atoms with Crippen molar-refractivity contribution >= 4 is 21.6 Å². The van der Waals surface area contributed by atoms with Crippen LogP contribution in [0.3, 0.4) is 0 Å². The molecule has 1 unspecified atom stereocenters. The summed E-state index contributed by atoms with van der Waals surface area (Å²) in [4.78, 5) is 13.0. The number of aryl methyl sites for hydroxylation is 1. The maximum Gasteiger partial charge on any atom is 0.242 e. The van der Waals surface area contributed by atoms with Crippen molar-refractivity contribution in [2.24, 2.45) is 0 Å². The highest BCUT2D eigenvalue weighted by atomic mass is 32.2. The minimum atomic E-state index is -3.57. The molecule has 0 saturated heterocycles. The average molecular weight is 375 g/mol. The molecule has 1 N–H and O–H groups in total. The van der Waals surface area contributed by atoms with Gasteiger partial charge in [-0.25, -0.2) is 12.7 Å².